The average Bonchev–Trinajstić information content (AvgIpc) is 2.68. The molecule has 1 atom stereocenters. The largest absolute Gasteiger partial charge is 0.481 e. The molecule has 2 N–H and O–H groups in total. The summed E-state index contributed by atoms with van der Waals surface area (Å²) in [7, 11) is 0. The van der Waals surface area contributed by atoms with E-state index in [1.165, 1.54) is 11.3 Å². The highest BCUT2D eigenvalue weighted by Crippen LogP contribution is 2.25. The van der Waals surface area contributed by atoms with Crippen molar-refractivity contribution in [2.24, 2.45) is 5.92 Å². The Morgan fingerprint density at radius 2 is 2.31 bits per heavy atom. The van der Waals surface area contributed by atoms with Gasteiger partial charge in [-0.25, -0.2) is 4.98 Å². The molecule has 1 aromatic heterocycles. The lowest BCUT2D eigenvalue weighted by atomic mass is 10.2. The highest BCUT2D eigenvalue weighted by atomic mass is 32.1. The Bertz CT molecular complexity index is 476. The number of hydrogen-bond acceptors (Lipinski definition) is 4. The first-order valence-corrected chi connectivity index (χ1v) is 5.80. The number of aromatic nitrogens is 1. The smallest absolute Gasteiger partial charge is 0.308 e. The van der Waals surface area contributed by atoms with E-state index in [-0.39, 0.29) is 0 Å². The predicted molar refractivity (Wildman–Crippen MR) is 64.9 cm³/mol. The summed E-state index contributed by atoms with van der Waals surface area (Å²) in [4.78, 5) is 15.0. The molecule has 0 fully saturated rings. The van der Waals surface area contributed by atoms with E-state index in [0.29, 0.717) is 6.54 Å². The zero-order valence-corrected chi connectivity index (χ0v) is 9.62. The first-order chi connectivity index (χ1) is 7.66. The van der Waals surface area contributed by atoms with Gasteiger partial charge in [-0.3, -0.25) is 4.79 Å². The Kier molecular flexibility index (Phi) is 3.05. The van der Waals surface area contributed by atoms with Gasteiger partial charge in [0, 0.05) is 6.54 Å². The summed E-state index contributed by atoms with van der Waals surface area (Å²) in [6.45, 7) is 2.07. The fourth-order valence-electron chi connectivity index (χ4n) is 1.28. The molecule has 1 unspecified atom stereocenters. The van der Waals surface area contributed by atoms with Gasteiger partial charge in [-0.1, -0.05) is 30.4 Å². The zero-order chi connectivity index (χ0) is 11.5. The molecule has 2 rings (SSSR count). The molecule has 2 aromatic rings. The van der Waals surface area contributed by atoms with Gasteiger partial charge in [-0.05, 0) is 12.1 Å². The first-order valence-electron chi connectivity index (χ1n) is 4.99. The van der Waals surface area contributed by atoms with Crippen LogP contribution in [0.15, 0.2) is 24.3 Å². The van der Waals surface area contributed by atoms with Gasteiger partial charge >= 0.3 is 5.97 Å². The van der Waals surface area contributed by atoms with Crippen molar-refractivity contribution in [2.45, 2.75) is 6.92 Å². The number of benzene rings is 1. The molecule has 16 heavy (non-hydrogen) atoms. The average molecular weight is 236 g/mol. The van der Waals surface area contributed by atoms with E-state index in [1.54, 1.807) is 6.92 Å². The molecule has 0 aliphatic carbocycles. The minimum atomic E-state index is -0.798. The van der Waals surface area contributed by atoms with Crippen LogP contribution in [0.5, 0.6) is 0 Å². The van der Waals surface area contributed by atoms with Crippen molar-refractivity contribution >= 4 is 32.7 Å². The number of nitrogens with zero attached hydrogens (tertiary/aromatic N) is 1. The molecule has 0 aliphatic heterocycles. The SMILES string of the molecule is CC(CNc1nc2ccccc2s1)C(=O)O. The number of carboxylic acid groups (broad SMARTS) is 1. The standard InChI is InChI=1S/C11H12N2O2S/c1-7(10(14)15)6-12-11-13-8-4-2-3-5-9(8)16-11/h2-5,7H,6H2,1H3,(H,12,13)(H,14,15). The van der Waals surface area contributed by atoms with Crippen LogP contribution in [0.25, 0.3) is 10.2 Å². The van der Waals surface area contributed by atoms with Crippen molar-refractivity contribution in [2.75, 3.05) is 11.9 Å². The van der Waals surface area contributed by atoms with Crippen molar-refractivity contribution < 1.29 is 9.90 Å². The lowest BCUT2D eigenvalue weighted by Gasteiger charge is -2.05. The summed E-state index contributed by atoms with van der Waals surface area (Å²) in [5.41, 5.74) is 0.943. The number of hydrogen-bond donors (Lipinski definition) is 2. The van der Waals surface area contributed by atoms with Crippen LogP contribution in [0, 0.1) is 5.92 Å². The monoisotopic (exact) mass is 236 g/mol. The Morgan fingerprint density at radius 1 is 1.56 bits per heavy atom. The van der Waals surface area contributed by atoms with Gasteiger partial charge in [0.25, 0.3) is 0 Å². The minimum absolute atomic E-state index is 0.398. The second-order valence-electron chi connectivity index (χ2n) is 3.61. The van der Waals surface area contributed by atoms with E-state index in [2.05, 4.69) is 10.3 Å². The summed E-state index contributed by atoms with van der Waals surface area (Å²) in [5, 5.41) is 12.6. The molecule has 5 heteroatoms. The maximum absolute atomic E-state index is 10.6. The maximum Gasteiger partial charge on any atom is 0.308 e. The van der Waals surface area contributed by atoms with E-state index in [9.17, 15) is 4.79 Å². The van der Waals surface area contributed by atoms with Crippen LogP contribution < -0.4 is 5.32 Å². The zero-order valence-electron chi connectivity index (χ0n) is 8.80. The molecule has 0 aliphatic rings. The third kappa shape index (κ3) is 2.30. The molecule has 0 radical (unpaired) electrons. The number of para-hydroxylation sites is 1. The molecule has 0 amide bonds. The molecule has 1 heterocycles. The third-order valence-corrected chi connectivity index (χ3v) is 3.27. The van der Waals surface area contributed by atoms with Crippen LogP contribution in [0.4, 0.5) is 5.13 Å². The van der Waals surface area contributed by atoms with E-state index >= 15 is 0 Å². The molecule has 0 spiro atoms. The quantitative estimate of drug-likeness (QED) is 0.855. The second kappa shape index (κ2) is 4.49. The highest BCUT2D eigenvalue weighted by Gasteiger charge is 2.11. The van der Waals surface area contributed by atoms with Crippen LogP contribution >= 0.6 is 11.3 Å². The summed E-state index contributed by atoms with van der Waals surface area (Å²) in [5.74, 6) is -1.21. The van der Waals surface area contributed by atoms with E-state index in [4.69, 9.17) is 5.11 Å². The lowest BCUT2D eigenvalue weighted by molar-refractivity contribution is -0.140. The fraction of sp³-hybridized carbons (Fsp3) is 0.273. The number of thiazole rings is 1. The number of rotatable bonds is 4. The molecule has 1 aromatic carbocycles. The normalized spacial score (nSPS) is 12.6. The van der Waals surface area contributed by atoms with Crippen molar-refractivity contribution in [1.29, 1.82) is 0 Å². The molecule has 4 nitrogen and oxygen atoms in total. The first kappa shape index (κ1) is 10.9. The topological polar surface area (TPSA) is 62.2 Å². The Balaban J connectivity index is 2.07. The fourth-order valence-corrected chi connectivity index (χ4v) is 2.15. The second-order valence-corrected chi connectivity index (χ2v) is 4.64. The third-order valence-electron chi connectivity index (χ3n) is 2.27. The number of carboxylic acids is 1. The van der Waals surface area contributed by atoms with Gasteiger partial charge < -0.3 is 10.4 Å². The number of fused-ring (bicyclic) bond motifs is 1. The summed E-state index contributed by atoms with van der Waals surface area (Å²) in [6, 6.07) is 7.84. The van der Waals surface area contributed by atoms with Gasteiger partial charge in [0.1, 0.15) is 0 Å². The number of anilines is 1. The maximum atomic E-state index is 10.6. The van der Waals surface area contributed by atoms with Gasteiger partial charge in [-0.2, -0.15) is 0 Å². The molecule has 0 saturated carbocycles. The summed E-state index contributed by atoms with van der Waals surface area (Å²) in [6.07, 6.45) is 0. The van der Waals surface area contributed by atoms with E-state index < -0.39 is 11.9 Å². The summed E-state index contributed by atoms with van der Waals surface area (Å²) >= 11 is 1.54. The minimum Gasteiger partial charge on any atom is -0.481 e. The van der Waals surface area contributed by atoms with Crippen LogP contribution in [0.1, 0.15) is 6.92 Å². The van der Waals surface area contributed by atoms with Gasteiger partial charge in [0.2, 0.25) is 0 Å². The molecule has 0 saturated heterocycles. The number of aliphatic carboxylic acids is 1. The van der Waals surface area contributed by atoms with Gasteiger partial charge in [0.15, 0.2) is 5.13 Å². The van der Waals surface area contributed by atoms with Crippen molar-refractivity contribution in [3.8, 4) is 0 Å². The van der Waals surface area contributed by atoms with E-state index in [1.807, 2.05) is 24.3 Å². The molecular weight excluding hydrogens is 224 g/mol. The van der Waals surface area contributed by atoms with Crippen LogP contribution in [0.3, 0.4) is 0 Å². The number of nitrogens with one attached hydrogen (secondary N) is 1. The van der Waals surface area contributed by atoms with Crippen LogP contribution in [0.2, 0.25) is 0 Å². The van der Waals surface area contributed by atoms with Crippen molar-refractivity contribution in [3.05, 3.63) is 24.3 Å². The Hall–Kier alpha value is -1.62. The van der Waals surface area contributed by atoms with E-state index in [0.717, 1.165) is 15.3 Å². The Labute approximate surface area is 96.9 Å². The van der Waals surface area contributed by atoms with Crippen molar-refractivity contribution in [3.63, 3.8) is 0 Å². The Morgan fingerprint density at radius 3 is 3.00 bits per heavy atom. The molecule has 0 bridgehead atoms. The molecular formula is C11H12N2O2S. The molecule has 84 valence electrons. The van der Waals surface area contributed by atoms with Crippen LogP contribution in [-0.2, 0) is 4.79 Å². The highest BCUT2D eigenvalue weighted by molar-refractivity contribution is 7.22. The predicted octanol–water partition coefficient (Wildman–Crippen LogP) is 2.43. The number of carbonyl (C=O) groups is 1. The van der Waals surface area contributed by atoms with Crippen molar-refractivity contribution in [1.82, 2.24) is 4.98 Å². The van der Waals surface area contributed by atoms with Gasteiger partial charge in [-0.15, -0.1) is 0 Å². The van der Waals surface area contributed by atoms with Gasteiger partial charge in [0.05, 0.1) is 16.1 Å². The van der Waals surface area contributed by atoms with Crippen LogP contribution in [-0.4, -0.2) is 22.6 Å². The lowest BCUT2D eigenvalue weighted by Crippen LogP contribution is -2.19. The summed E-state index contributed by atoms with van der Waals surface area (Å²) < 4.78 is 1.10.